The van der Waals surface area contributed by atoms with Crippen molar-refractivity contribution in [3.05, 3.63) is 39.9 Å². The summed E-state index contributed by atoms with van der Waals surface area (Å²) in [6.45, 7) is 6.85. The van der Waals surface area contributed by atoms with Gasteiger partial charge in [-0.3, -0.25) is 4.79 Å². The van der Waals surface area contributed by atoms with E-state index in [0.717, 1.165) is 41.9 Å². The maximum Gasteiger partial charge on any atom is 0.259 e. The van der Waals surface area contributed by atoms with Crippen LogP contribution in [-0.2, 0) is 17.8 Å². The molecule has 0 bridgehead atoms. The lowest BCUT2D eigenvalue weighted by Gasteiger charge is -2.41. The lowest BCUT2D eigenvalue weighted by atomic mass is 9.82. The molecule has 1 amide bonds. The van der Waals surface area contributed by atoms with E-state index in [4.69, 9.17) is 14.2 Å². The smallest absolute Gasteiger partial charge is 0.259 e. The highest BCUT2D eigenvalue weighted by molar-refractivity contribution is 5.95. The van der Waals surface area contributed by atoms with E-state index in [2.05, 4.69) is 16.1 Å². The van der Waals surface area contributed by atoms with E-state index in [-0.39, 0.29) is 11.9 Å². The molecular weight excluding hydrogens is 418 g/mol. The van der Waals surface area contributed by atoms with Gasteiger partial charge in [0, 0.05) is 37.2 Å². The van der Waals surface area contributed by atoms with E-state index in [1.54, 1.807) is 6.92 Å². The fourth-order valence-corrected chi connectivity index (χ4v) is 5.63. The number of anilines is 1. The second-order valence-electron chi connectivity index (χ2n) is 9.49. The van der Waals surface area contributed by atoms with Crippen LogP contribution in [0.15, 0.2) is 10.7 Å². The third-order valence-corrected chi connectivity index (χ3v) is 7.44. The molecule has 1 atom stereocenters. The van der Waals surface area contributed by atoms with Gasteiger partial charge in [0.1, 0.15) is 23.2 Å². The average molecular weight is 450 g/mol. The predicted octanol–water partition coefficient (Wildman–Crippen LogP) is 3.72. The van der Waals surface area contributed by atoms with Crippen LogP contribution in [0.1, 0.15) is 83.4 Å². The van der Waals surface area contributed by atoms with Crippen LogP contribution < -0.4 is 4.90 Å². The normalized spacial score (nSPS) is 21.5. The second-order valence-corrected chi connectivity index (χ2v) is 9.49. The van der Waals surface area contributed by atoms with Gasteiger partial charge in [0.25, 0.3) is 5.91 Å². The van der Waals surface area contributed by atoms with Crippen LogP contribution in [-0.4, -0.2) is 53.2 Å². The minimum absolute atomic E-state index is 0.0219. The molecule has 0 aromatic carbocycles. The summed E-state index contributed by atoms with van der Waals surface area (Å²) in [5, 5.41) is 13.9. The van der Waals surface area contributed by atoms with E-state index in [9.17, 15) is 10.1 Å². The quantitative estimate of drug-likeness (QED) is 0.705. The molecule has 0 radical (unpaired) electrons. The number of rotatable bonds is 3. The number of hydrogen-bond acceptors (Lipinski definition) is 7. The molecular formula is C25H31N5O3. The third-order valence-electron chi connectivity index (χ3n) is 7.44. The van der Waals surface area contributed by atoms with Crippen LogP contribution in [0.5, 0.6) is 0 Å². The molecule has 8 heteroatoms. The van der Waals surface area contributed by atoms with Crippen molar-refractivity contribution in [2.75, 3.05) is 31.1 Å². The first-order valence-corrected chi connectivity index (χ1v) is 12.1. The third kappa shape index (κ3) is 3.99. The highest BCUT2D eigenvalue weighted by Gasteiger charge is 2.34. The second kappa shape index (κ2) is 9.14. The summed E-state index contributed by atoms with van der Waals surface area (Å²) in [5.74, 6) is 1.72. The Morgan fingerprint density at radius 1 is 1.21 bits per heavy atom. The zero-order valence-corrected chi connectivity index (χ0v) is 19.5. The topological polar surface area (TPSA) is 95.5 Å². The Morgan fingerprint density at radius 2 is 2.03 bits per heavy atom. The molecule has 8 nitrogen and oxygen atoms in total. The summed E-state index contributed by atoms with van der Waals surface area (Å²) in [7, 11) is 0. The minimum atomic E-state index is -0.0557. The zero-order chi connectivity index (χ0) is 22.9. The highest BCUT2D eigenvalue weighted by atomic mass is 16.5. The number of amides is 1. The maximum atomic E-state index is 13.0. The molecule has 1 saturated carbocycles. The Morgan fingerprint density at radius 3 is 2.73 bits per heavy atom. The highest BCUT2D eigenvalue weighted by Crippen LogP contribution is 2.39. The van der Waals surface area contributed by atoms with Gasteiger partial charge in [-0.2, -0.15) is 5.26 Å². The number of ether oxygens (including phenoxy) is 1. The zero-order valence-electron chi connectivity index (χ0n) is 19.5. The fraction of sp³-hybridized carbons (Fsp3) is 0.600. The molecule has 0 spiro atoms. The van der Waals surface area contributed by atoms with Crippen molar-refractivity contribution in [2.24, 2.45) is 0 Å². The van der Waals surface area contributed by atoms with Crippen molar-refractivity contribution in [3.63, 3.8) is 0 Å². The van der Waals surface area contributed by atoms with Gasteiger partial charge >= 0.3 is 0 Å². The summed E-state index contributed by atoms with van der Waals surface area (Å²) in [5.41, 5.74) is 4.62. The number of pyridine rings is 1. The molecule has 174 valence electrons. The Labute approximate surface area is 194 Å². The first-order chi connectivity index (χ1) is 16.1. The van der Waals surface area contributed by atoms with Crippen LogP contribution in [0.4, 0.5) is 5.82 Å². The van der Waals surface area contributed by atoms with Crippen LogP contribution in [0.25, 0.3) is 0 Å². The molecule has 4 heterocycles. The summed E-state index contributed by atoms with van der Waals surface area (Å²) in [4.78, 5) is 22.3. The number of hydrogen-bond donors (Lipinski definition) is 0. The van der Waals surface area contributed by atoms with Gasteiger partial charge in [0.2, 0.25) is 0 Å². The van der Waals surface area contributed by atoms with Crippen molar-refractivity contribution in [3.8, 4) is 6.07 Å². The number of aryl methyl sites for hydroxylation is 1. The molecule has 33 heavy (non-hydrogen) atoms. The largest absolute Gasteiger partial charge is 0.376 e. The first-order valence-electron chi connectivity index (χ1n) is 12.1. The van der Waals surface area contributed by atoms with Gasteiger partial charge in [-0.1, -0.05) is 24.4 Å². The van der Waals surface area contributed by atoms with Crippen molar-refractivity contribution in [1.29, 1.82) is 5.26 Å². The van der Waals surface area contributed by atoms with E-state index in [1.807, 2.05) is 11.8 Å². The minimum Gasteiger partial charge on any atom is -0.376 e. The molecule has 2 fully saturated rings. The molecule has 1 aliphatic carbocycles. The molecule has 0 N–H and O–H groups in total. The number of carbonyl (C=O) groups excluding carboxylic acids is 1. The summed E-state index contributed by atoms with van der Waals surface area (Å²) >= 11 is 0. The first kappa shape index (κ1) is 21.9. The standard InChI is InChI=1S/C25H31N5O3/c1-16-14-29(9-10-30(16)25(31)21-13-27-33-17(21)2)24-20(12-26)19-8-11-32-15-22(19)23(28-24)18-6-4-3-5-7-18/h13,16,18H,3-11,14-15H2,1-2H3/t16-/m1/s1. The van der Waals surface area contributed by atoms with Crippen molar-refractivity contribution >= 4 is 11.7 Å². The predicted molar refractivity (Wildman–Crippen MR) is 122 cm³/mol. The monoisotopic (exact) mass is 449 g/mol. The van der Waals surface area contributed by atoms with E-state index in [0.29, 0.717) is 55.7 Å². The van der Waals surface area contributed by atoms with Crippen LogP contribution >= 0.6 is 0 Å². The Balaban J connectivity index is 1.46. The average Bonchev–Trinajstić information content (AvgIpc) is 3.28. The summed E-state index contributed by atoms with van der Waals surface area (Å²) < 4.78 is 10.9. The lowest BCUT2D eigenvalue weighted by molar-refractivity contribution is 0.0671. The van der Waals surface area contributed by atoms with E-state index >= 15 is 0 Å². The molecule has 0 unspecified atom stereocenters. The number of fused-ring (bicyclic) bond motifs is 1. The number of nitriles is 1. The van der Waals surface area contributed by atoms with Gasteiger partial charge in [-0.05, 0) is 38.7 Å². The van der Waals surface area contributed by atoms with Crippen molar-refractivity contribution < 1.29 is 14.1 Å². The molecule has 2 aromatic heterocycles. The Kier molecular flexibility index (Phi) is 6.07. The van der Waals surface area contributed by atoms with Gasteiger partial charge in [0.15, 0.2) is 0 Å². The van der Waals surface area contributed by atoms with Crippen LogP contribution in [0, 0.1) is 18.3 Å². The Hall–Kier alpha value is -2.92. The molecule has 2 aliphatic heterocycles. The van der Waals surface area contributed by atoms with E-state index < -0.39 is 0 Å². The number of nitrogens with zero attached hydrogens (tertiary/aromatic N) is 5. The van der Waals surface area contributed by atoms with Gasteiger partial charge < -0.3 is 19.1 Å². The van der Waals surface area contributed by atoms with Crippen LogP contribution in [0.3, 0.4) is 0 Å². The van der Waals surface area contributed by atoms with Gasteiger partial charge in [-0.15, -0.1) is 0 Å². The number of carbonyl (C=O) groups is 1. The van der Waals surface area contributed by atoms with E-state index in [1.165, 1.54) is 25.5 Å². The SMILES string of the molecule is Cc1oncc1C(=O)N1CCN(c2nc(C3CCCCC3)c3c(c2C#N)CCOC3)C[C@H]1C. The molecule has 1 saturated heterocycles. The lowest BCUT2D eigenvalue weighted by Crippen LogP contribution is -2.54. The summed E-state index contributed by atoms with van der Waals surface area (Å²) in [6.07, 6.45) is 8.32. The molecule has 2 aromatic rings. The number of piperazine rings is 1. The molecule has 3 aliphatic rings. The van der Waals surface area contributed by atoms with Crippen LogP contribution in [0.2, 0.25) is 0 Å². The maximum absolute atomic E-state index is 13.0. The van der Waals surface area contributed by atoms with Crippen molar-refractivity contribution in [1.82, 2.24) is 15.0 Å². The van der Waals surface area contributed by atoms with Gasteiger partial charge in [-0.25, -0.2) is 4.98 Å². The number of aromatic nitrogens is 2. The summed E-state index contributed by atoms with van der Waals surface area (Å²) in [6, 6.07) is 2.45. The van der Waals surface area contributed by atoms with Crippen molar-refractivity contribution in [2.45, 2.75) is 70.9 Å². The molecule has 5 rings (SSSR count). The fourth-order valence-electron chi connectivity index (χ4n) is 5.63. The Bertz CT molecular complexity index is 1080. The van der Waals surface area contributed by atoms with Gasteiger partial charge in [0.05, 0.1) is 30.7 Å².